The number of rotatable bonds is 1. The lowest BCUT2D eigenvalue weighted by Gasteiger charge is -1.93. The van der Waals surface area contributed by atoms with Gasteiger partial charge in [0.25, 0.3) is 0 Å². The zero-order valence-corrected chi connectivity index (χ0v) is 9.30. The molecule has 0 fully saturated rings. The van der Waals surface area contributed by atoms with E-state index in [-0.39, 0.29) is 11.2 Å². The average molecular weight is 237 g/mol. The Morgan fingerprint density at radius 1 is 1.38 bits per heavy atom. The van der Waals surface area contributed by atoms with Crippen LogP contribution in [0.3, 0.4) is 0 Å². The summed E-state index contributed by atoms with van der Waals surface area (Å²) in [5.41, 5.74) is 1.41. The van der Waals surface area contributed by atoms with Crippen LogP contribution in [0.15, 0.2) is 34.8 Å². The Hall–Kier alpha value is -1.28. The quantitative estimate of drug-likeness (QED) is 0.671. The Bertz CT molecular complexity index is 570. The molecule has 0 saturated carbocycles. The fourth-order valence-corrected chi connectivity index (χ4v) is 2.33. The van der Waals surface area contributed by atoms with Gasteiger partial charge in [-0.2, -0.15) is 0 Å². The summed E-state index contributed by atoms with van der Waals surface area (Å²) in [5.74, 6) is 0.424. The van der Waals surface area contributed by atoms with Gasteiger partial charge in [0.05, 0.1) is 5.38 Å². The maximum absolute atomic E-state index is 13.4. The van der Waals surface area contributed by atoms with Gasteiger partial charge in [-0.1, -0.05) is 18.2 Å². The fraction of sp³-hybridized carbons (Fsp3) is 0.231. The Labute approximate surface area is 97.5 Å². The molecule has 1 aliphatic rings. The number of alkyl halides is 1. The molecule has 0 amide bonds. The average Bonchev–Trinajstić information content (AvgIpc) is 2.84. The van der Waals surface area contributed by atoms with Gasteiger partial charge in [0, 0.05) is 5.39 Å². The van der Waals surface area contributed by atoms with E-state index in [2.05, 4.69) is 0 Å². The molecule has 1 nitrogen and oxygen atoms in total. The van der Waals surface area contributed by atoms with Gasteiger partial charge in [-0.15, -0.1) is 11.6 Å². The molecule has 2 aromatic rings. The van der Waals surface area contributed by atoms with Gasteiger partial charge in [0.15, 0.2) is 11.4 Å². The number of furan rings is 1. The first-order chi connectivity index (χ1) is 7.74. The van der Waals surface area contributed by atoms with E-state index in [1.54, 1.807) is 6.07 Å². The van der Waals surface area contributed by atoms with Crippen molar-refractivity contribution in [3.05, 3.63) is 41.9 Å². The van der Waals surface area contributed by atoms with E-state index in [1.165, 1.54) is 6.07 Å². The smallest absolute Gasteiger partial charge is 0.170 e. The first kappa shape index (κ1) is 9.91. The number of hydrogen-bond acceptors (Lipinski definition) is 1. The summed E-state index contributed by atoms with van der Waals surface area (Å²) in [5, 5.41) is 0.877. The molecule has 1 heterocycles. The molecule has 0 spiro atoms. The Balaban J connectivity index is 2.12. The van der Waals surface area contributed by atoms with E-state index in [0.29, 0.717) is 5.58 Å². The number of benzene rings is 1. The molecule has 1 aromatic heterocycles. The molecular weight excluding hydrogens is 227 g/mol. The number of para-hydroxylation sites is 1. The molecule has 0 saturated heterocycles. The minimum absolute atomic E-state index is 0.0769. The van der Waals surface area contributed by atoms with Crippen molar-refractivity contribution >= 4 is 28.1 Å². The minimum Gasteiger partial charge on any atom is -0.453 e. The van der Waals surface area contributed by atoms with E-state index in [1.807, 2.05) is 18.2 Å². The number of allylic oxidation sites excluding steroid dienone is 2. The monoisotopic (exact) mass is 236 g/mol. The van der Waals surface area contributed by atoms with Gasteiger partial charge in [-0.3, -0.25) is 0 Å². The van der Waals surface area contributed by atoms with E-state index in [9.17, 15) is 4.39 Å². The second-order valence-corrected chi connectivity index (χ2v) is 4.58. The van der Waals surface area contributed by atoms with Crippen molar-refractivity contribution in [1.82, 2.24) is 0 Å². The molecule has 1 unspecified atom stereocenters. The van der Waals surface area contributed by atoms with Crippen LogP contribution in [0.4, 0.5) is 4.39 Å². The molecule has 1 aliphatic carbocycles. The predicted molar refractivity (Wildman–Crippen MR) is 63.0 cm³/mol. The van der Waals surface area contributed by atoms with Crippen LogP contribution in [0.1, 0.15) is 18.6 Å². The van der Waals surface area contributed by atoms with Crippen LogP contribution >= 0.6 is 11.6 Å². The van der Waals surface area contributed by atoms with E-state index < -0.39 is 0 Å². The Morgan fingerprint density at radius 3 is 2.94 bits per heavy atom. The number of hydrogen-bond donors (Lipinski definition) is 0. The minimum atomic E-state index is -0.315. The molecule has 0 N–H and O–H groups in total. The molecule has 3 rings (SSSR count). The highest BCUT2D eigenvalue weighted by Crippen LogP contribution is 2.34. The second-order valence-electron chi connectivity index (χ2n) is 4.02. The number of halogens is 2. The SMILES string of the molecule is Fc1cccc2cc(C3=CC(Cl)CC3)oc12. The van der Waals surface area contributed by atoms with Gasteiger partial charge in [-0.05, 0) is 30.5 Å². The molecule has 1 atom stereocenters. The van der Waals surface area contributed by atoms with Crippen molar-refractivity contribution in [2.75, 3.05) is 0 Å². The molecule has 82 valence electrons. The number of fused-ring (bicyclic) bond motifs is 1. The lowest BCUT2D eigenvalue weighted by molar-refractivity contribution is 0.550. The third kappa shape index (κ3) is 1.54. The molecular formula is C13H10ClFO. The Kier molecular flexibility index (Phi) is 2.25. The Morgan fingerprint density at radius 2 is 2.25 bits per heavy atom. The van der Waals surface area contributed by atoms with Crippen LogP contribution in [0, 0.1) is 5.82 Å². The summed E-state index contributed by atoms with van der Waals surface area (Å²) in [4.78, 5) is 0. The zero-order valence-electron chi connectivity index (χ0n) is 8.54. The zero-order chi connectivity index (χ0) is 11.1. The highest BCUT2D eigenvalue weighted by atomic mass is 35.5. The van der Waals surface area contributed by atoms with E-state index in [4.69, 9.17) is 16.0 Å². The summed E-state index contributed by atoms with van der Waals surface area (Å²) < 4.78 is 19.0. The van der Waals surface area contributed by atoms with Crippen LogP contribution in [0.25, 0.3) is 16.5 Å². The fourth-order valence-electron chi connectivity index (χ4n) is 2.07. The molecule has 3 heteroatoms. The summed E-state index contributed by atoms with van der Waals surface area (Å²) >= 11 is 5.99. The van der Waals surface area contributed by atoms with Gasteiger partial charge < -0.3 is 4.42 Å². The van der Waals surface area contributed by atoms with Gasteiger partial charge in [0.2, 0.25) is 0 Å². The van der Waals surface area contributed by atoms with Gasteiger partial charge in [0.1, 0.15) is 5.76 Å². The van der Waals surface area contributed by atoms with Crippen molar-refractivity contribution in [3.63, 3.8) is 0 Å². The van der Waals surface area contributed by atoms with Crippen molar-refractivity contribution < 1.29 is 8.81 Å². The van der Waals surface area contributed by atoms with Crippen LogP contribution in [-0.4, -0.2) is 5.38 Å². The van der Waals surface area contributed by atoms with Crippen LogP contribution in [0.5, 0.6) is 0 Å². The standard InChI is InChI=1S/C13H10ClFO/c14-10-5-4-8(6-10)12-7-9-2-1-3-11(15)13(9)16-12/h1-3,6-7,10H,4-5H2. The maximum atomic E-state index is 13.4. The summed E-state index contributed by atoms with van der Waals surface area (Å²) in [6.45, 7) is 0. The molecule has 0 radical (unpaired) electrons. The summed E-state index contributed by atoms with van der Waals surface area (Å²) in [6, 6.07) is 6.81. The summed E-state index contributed by atoms with van der Waals surface area (Å²) in [7, 11) is 0. The lowest BCUT2D eigenvalue weighted by atomic mass is 10.1. The van der Waals surface area contributed by atoms with E-state index in [0.717, 1.165) is 29.6 Å². The first-order valence-electron chi connectivity index (χ1n) is 5.27. The molecule has 0 bridgehead atoms. The normalized spacial score (nSPS) is 20.4. The topological polar surface area (TPSA) is 13.1 Å². The first-order valence-corrected chi connectivity index (χ1v) is 5.71. The van der Waals surface area contributed by atoms with Crippen LogP contribution in [-0.2, 0) is 0 Å². The van der Waals surface area contributed by atoms with Crippen molar-refractivity contribution in [1.29, 1.82) is 0 Å². The van der Waals surface area contributed by atoms with Crippen molar-refractivity contribution in [2.45, 2.75) is 18.2 Å². The summed E-state index contributed by atoms with van der Waals surface area (Å²) in [6.07, 6.45) is 3.81. The predicted octanol–water partition coefficient (Wildman–Crippen LogP) is 4.36. The van der Waals surface area contributed by atoms with Crippen LogP contribution < -0.4 is 0 Å². The molecule has 0 aliphatic heterocycles. The van der Waals surface area contributed by atoms with Gasteiger partial charge >= 0.3 is 0 Å². The second kappa shape index (κ2) is 3.63. The highest BCUT2D eigenvalue weighted by Gasteiger charge is 2.18. The van der Waals surface area contributed by atoms with Crippen molar-refractivity contribution in [2.24, 2.45) is 0 Å². The largest absolute Gasteiger partial charge is 0.453 e. The molecule has 16 heavy (non-hydrogen) atoms. The third-order valence-corrected chi connectivity index (χ3v) is 3.23. The molecule has 1 aromatic carbocycles. The van der Waals surface area contributed by atoms with E-state index >= 15 is 0 Å². The third-order valence-electron chi connectivity index (χ3n) is 2.88. The highest BCUT2D eigenvalue weighted by molar-refractivity contribution is 6.22. The maximum Gasteiger partial charge on any atom is 0.170 e. The lowest BCUT2D eigenvalue weighted by Crippen LogP contribution is -1.81. The van der Waals surface area contributed by atoms with Crippen molar-refractivity contribution in [3.8, 4) is 0 Å². The van der Waals surface area contributed by atoms with Gasteiger partial charge in [-0.25, -0.2) is 4.39 Å². The van der Waals surface area contributed by atoms with Crippen LogP contribution in [0.2, 0.25) is 0 Å².